The van der Waals surface area contributed by atoms with Crippen molar-refractivity contribution in [3.05, 3.63) is 35.4 Å². The van der Waals surface area contributed by atoms with E-state index in [1.54, 1.807) is 6.07 Å². The summed E-state index contributed by atoms with van der Waals surface area (Å²) in [5.41, 5.74) is 3.03. The first-order valence-electron chi connectivity index (χ1n) is 10.6. The summed E-state index contributed by atoms with van der Waals surface area (Å²) in [6.45, 7) is 3.42. The fraction of sp³-hybridized carbons (Fsp3) is 0.619. The molecule has 4 unspecified atom stereocenters. The van der Waals surface area contributed by atoms with E-state index in [1.165, 1.54) is 6.07 Å². The molecule has 2 aliphatic heterocycles. The molecule has 1 aliphatic carbocycles. The number of halogens is 3. The Hall–Kier alpha value is -2.13. The Labute approximate surface area is 173 Å². The summed E-state index contributed by atoms with van der Waals surface area (Å²) in [5.74, 6) is -0.294. The van der Waals surface area contributed by atoms with Gasteiger partial charge in [-0.05, 0) is 50.3 Å². The second kappa shape index (κ2) is 8.19. The number of amides is 2. The molecule has 3 aliphatic rings. The van der Waals surface area contributed by atoms with Crippen LogP contribution in [0, 0.1) is 5.92 Å². The van der Waals surface area contributed by atoms with Gasteiger partial charge in [-0.1, -0.05) is 12.1 Å². The van der Waals surface area contributed by atoms with Crippen molar-refractivity contribution in [3.8, 4) is 0 Å². The summed E-state index contributed by atoms with van der Waals surface area (Å²) in [7, 11) is 0. The topological polar surface area (TPSA) is 64.7 Å². The van der Waals surface area contributed by atoms with Crippen molar-refractivity contribution in [2.45, 2.75) is 63.5 Å². The molecule has 2 heterocycles. The molecular weight excluding hydrogens is 397 g/mol. The number of alkyl halides is 3. The van der Waals surface area contributed by atoms with Crippen molar-refractivity contribution < 1.29 is 22.8 Å². The third-order valence-electron chi connectivity index (χ3n) is 6.59. The lowest BCUT2D eigenvalue weighted by Gasteiger charge is -2.51. The molecule has 30 heavy (non-hydrogen) atoms. The third kappa shape index (κ3) is 3.92. The van der Waals surface area contributed by atoms with Gasteiger partial charge >= 0.3 is 6.18 Å². The van der Waals surface area contributed by atoms with Gasteiger partial charge in [-0.3, -0.25) is 15.0 Å². The highest BCUT2D eigenvalue weighted by molar-refractivity contribution is 5.84. The molecular formula is C21H27F3N4O2. The number of nitrogens with one attached hydrogen (secondary N) is 2. The molecule has 0 spiro atoms. The van der Waals surface area contributed by atoms with E-state index in [2.05, 4.69) is 15.8 Å². The lowest BCUT2D eigenvalue weighted by atomic mass is 9.78. The van der Waals surface area contributed by atoms with E-state index in [-0.39, 0.29) is 42.4 Å². The summed E-state index contributed by atoms with van der Waals surface area (Å²) in [4.78, 5) is 27.5. The second-order valence-corrected chi connectivity index (χ2v) is 8.30. The van der Waals surface area contributed by atoms with E-state index in [1.807, 2.05) is 11.8 Å². The number of benzene rings is 1. The number of hydrazine groups is 1. The van der Waals surface area contributed by atoms with E-state index in [4.69, 9.17) is 0 Å². The maximum atomic E-state index is 12.9. The molecule has 4 rings (SSSR count). The van der Waals surface area contributed by atoms with Gasteiger partial charge in [0.05, 0.1) is 5.56 Å². The molecule has 9 heteroatoms. The van der Waals surface area contributed by atoms with Gasteiger partial charge in [-0.25, -0.2) is 5.01 Å². The van der Waals surface area contributed by atoms with E-state index in [9.17, 15) is 22.8 Å². The van der Waals surface area contributed by atoms with Crippen LogP contribution in [0.3, 0.4) is 0 Å². The standard InChI is InChI=1S/C21H27F3N4O2/c1-2-27-18-11-14(6-7-16(18)28-17(20(27)30)8-9-26-28)19(29)25-12-13-4-3-5-15(10-13)21(22,23)24/h3-5,10,14,16-18,26H,2,6-9,11-12H2,1H3,(H,25,29). The molecule has 2 N–H and O–H groups in total. The SMILES string of the molecule is CCN1C(=O)C2CCNN2C2CCC(C(=O)NCc3cccc(C(F)(F)F)c3)CC21. The van der Waals surface area contributed by atoms with Gasteiger partial charge in [-0.2, -0.15) is 13.2 Å². The number of hydrogen-bond donors (Lipinski definition) is 2. The zero-order valence-electron chi connectivity index (χ0n) is 16.9. The first kappa shape index (κ1) is 21.1. The number of nitrogens with zero attached hydrogens (tertiary/aromatic N) is 2. The number of rotatable bonds is 4. The van der Waals surface area contributed by atoms with Crippen LogP contribution < -0.4 is 10.7 Å². The van der Waals surface area contributed by atoms with Crippen LogP contribution in [0.2, 0.25) is 0 Å². The van der Waals surface area contributed by atoms with E-state index < -0.39 is 11.7 Å². The van der Waals surface area contributed by atoms with E-state index >= 15 is 0 Å². The Morgan fingerprint density at radius 2 is 2.03 bits per heavy atom. The van der Waals surface area contributed by atoms with Crippen LogP contribution in [0.1, 0.15) is 43.7 Å². The van der Waals surface area contributed by atoms with Crippen LogP contribution >= 0.6 is 0 Å². The van der Waals surface area contributed by atoms with Crippen LogP contribution in [-0.2, 0) is 22.3 Å². The van der Waals surface area contributed by atoms with Crippen LogP contribution in [0.15, 0.2) is 24.3 Å². The van der Waals surface area contributed by atoms with Crippen molar-refractivity contribution >= 4 is 11.8 Å². The monoisotopic (exact) mass is 424 g/mol. The van der Waals surface area contributed by atoms with Gasteiger partial charge in [-0.15, -0.1) is 0 Å². The van der Waals surface area contributed by atoms with Gasteiger partial charge in [0.25, 0.3) is 0 Å². The van der Waals surface area contributed by atoms with Crippen molar-refractivity contribution in [3.63, 3.8) is 0 Å². The largest absolute Gasteiger partial charge is 0.416 e. The average molecular weight is 424 g/mol. The molecule has 0 bridgehead atoms. The van der Waals surface area contributed by atoms with Crippen LogP contribution in [-0.4, -0.2) is 52.9 Å². The van der Waals surface area contributed by atoms with Crippen LogP contribution in [0.5, 0.6) is 0 Å². The van der Waals surface area contributed by atoms with Crippen molar-refractivity contribution in [2.24, 2.45) is 5.92 Å². The van der Waals surface area contributed by atoms with E-state index in [0.717, 1.165) is 31.5 Å². The maximum Gasteiger partial charge on any atom is 0.416 e. The fourth-order valence-electron chi connectivity index (χ4n) is 5.14. The number of hydrogen-bond acceptors (Lipinski definition) is 4. The highest BCUT2D eigenvalue weighted by Gasteiger charge is 2.51. The minimum absolute atomic E-state index is 0.0255. The van der Waals surface area contributed by atoms with Gasteiger partial charge in [0.2, 0.25) is 11.8 Å². The summed E-state index contributed by atoms with van der Waals surface area (Å²) in [6.07, 6.45) is -1.52. The van der Waals surface area contributed by atoms with Crippen molar-refractivity contribution in [2.75, 3.05) is 13.1 Å². The Morgan fingerprint density at radius 3 is 2.77 bits per heavy atom. The third-order valence-corrected chi connectivity index (χ3v) is 6.59. The summed E-state index contributed by atoms with van der Waals surface area (Å²) in [6, 6.07) is 5.06. The first-order chi connectivity index (χ1) is 14.3. The Balaban J connectivity index is 1.40. The zero-order chi connectivity index (χ0) is 21.5. The van der Waals surface area contributed by atoms with Gasteiger partial charge < -0.3 is 10.2 Å². The molecule has 0 aromatic heterocycles. The predicted molar refractivity (Wildman–Crippen MR) is 104 cm³/mol. The molecule has 1 aromatic carbocycles. The predicted octanol–water partition coefficient (Wildman–Crippen LogP) is 2.30. The van der Waals surface area contributed by atoms with Crippen LogP contribution in [0.25, 0.3) is 0 Å². The molecule has 1 aromatic rings. The average Bonchev–Trinajstić information content (AvgIpc) is 3.22. The normalized spacial score (nSPS) is 29.5. The number of fused-ring (bicyclic) bond motifs is 3. The Bertz CT molecular complexity index is 816. The van der Waals surface area contributed by atoms with Gasteiger partial charge in [0, 0.05) is 37.6 Å². The van der Waals surface area contributed by atoms with Gasteiger partial charge in [0.1, 0.15) is 6.04 Å². The highest BCUT2D eigenvalue weighted by atomic mass is 19.4. The molecule has 164 valence electrons. The summed E-state index contributed by atoms with van der Waals surface area (Å²) in [5, 5.41) is 4.89. The lowest BCUT2D eigenvalue weighted by Crippen LogP contribution is -2.68. The number of carbonyl (C=O) groups is 2. The number of carbonyl (C=O) groups excluding carboxylic acids is 2. The first-order valence-corrected chi connectivity index (χ1v) is 10.6. The minimum atomic E-state index is -4.41. The van der Waals surface area contributed by atoms with Crippen LogP contribution in [0.4, 0.5) is 13.2 Å². The fourth-order valence-corrected chi connectivity index (χ4v) is 5.14. The smallest absolute Gasteiger partial charge is 0.352 e. The van der Waals surface area contributed by atoms with E-state index in [0.29, 0.717) is 24.9 Å². The van der Waals surface area contributed by atoms with Crippen molar-refractivity contribution in [1.29, 1.82) is 0 Å². The lowest BCUT2D eigenvalue weighted by molar-refractivity contribution is -0.155. The molecule has 0 radical (unpaired) electrons. The summed E-state index contributed by atoms with van der Waals surface area (Å²) >= 11 is 0. The second-order valence-electron chi connectivity index (χ2n) is 8.30. The van der Waals surface area contributed by atoms with Gasteiger partial charge in [0.15, 0.2) is 0 Å². The summed E-state index contributed by atoms with van der Waals surface area (Å²) < 4.78 is 38.6. The number of likely N-dealkylation sites (N-methyl/N-ethyl adjacent to an activating group) is 1. The molecule has 3 fully saturated rings. The molecule has 2 amide bonds. The van der Waals surface area contributed by atoms with Crippen molar-refractivity contribution in [1.82, 2.24) is 20.7 Å². The minimum Gasteiger partial charge on any atom is -0.352 e. The molecule has 1 saturated carbocycles. The Morgan fingerprint density at radius 1 is 1.23 bits per heavy atom. The quantitative estimate of drug-likeness (QED) is 0.779. The maximum absolute atomic E-state index is 12.9. The molecule has 4 atom stereocenters. The molecule has 2 saturated heterocycles. The Kier molecular flexibility index (Phi) is 5.76. The number of piperazine rings is 1. The highest BCUT2D eigenvalue weighted by Crippen LogP contribution is 2.37. The molecule has 6 nitrogen and oxygen atoms in total. The zero-order valence-corrected chi connectivity index (χ0v) is 16.9.